The zero-order valence-electron chi connectivity index (χ0n) is 23.7. The van der Waals surface area contributed by atoms with Crippen molar-refractivity contribution in [2.24, 2.45) is 22.1 Å². The number of para-hydroxylation sites is 2. The number of carbonyl (C=O) groups excluding carboxylic acids is 1. The Morgan fingerprint density at radius 2 is 1.64 bits per heavy atom. The maximum Gasteiger partial charge on any atom is 0.344 e. The lowest BCUT2D eigenvalue weighted by Gasteiger charge is -2.54. The van der Waals surface area contributed by atoms with E-state index in [0.717, 1.165) is 37.5 Å². The summed E-state index contributed by atoms with van der Waals surface area (Å²) in [6, 6.07) is 8.51. The van der Waals surface area contributed by atoms with Gasteiger partial charge in [-0.3, -0.25) is 14.5 Å². The van der Waals surface area contributed by atoms with Crippen LogP contribution < -0.4 is 5.56 Å². The molecule has 0 radical (unpaired) electrons. The summed E-state index contributed by atoms with van der Waals surface area (Å²) >= 11 is 0. The van der Waals surface area contributed by atoms with Crippen molar-refractivity contribution in [1.82, 2.24) is 14.5 Å². The minimum Gasteiger partial charge on any atom is -0.479 e. The van der Waals surface area contributed by atoms with Crippen LogP contribution in [0.1, 0.15) is 88.8 Å². The van der Waals surface area contributed by atoms with Gasteiger partial charge in [-0.05, 0) is 79.6 Å². The Morgan fingerprint density at radius 1 is 0.952 bits per heavy atom. The van der Waals surface area contributed by atoms with E-state index in [1.165, 1.54) is 51.4 Å². The number of carboxylic acids is 1. The maximum absolute atomic E-state index is 14.2. The van der Waals surface area contributed by atoms with E-state index < -0.39 is 29.8 Å². The number of aliphatic carboxylic acids is 1. The van der Waals surface area contributed by atoms with Crippen LogP contribution in [0.4, 0.5) is 0 Å². The molecular weight excluding hydrogens is 538 g/mol. The van der Waals surface area contributed by atoms with Gasteiger partial charge in [0.25, 0.3) is 11.5 Å². The van der Waals surface area contributed by atoms with Gasteiger partial charge in [0.15, 0.2) is 11.4 Å². The van der Waals surface area contributed by atoms with Crippen LogP contribution in [0.15, 0.2) is 39.3 Å². The molecule has 0 spiro atoms. The lowest BCUT2D eigenvalue weighted by Crippen LogP contribution is -2.58. The molecule has 3 heterocycles. The second-order valence-electron chi connectivity index (χ2n) is 12.4. The fourth-order valence-electron chi connectivity index (χ4n) is 8.40. The Kier molecular flexibility index (Phi) is 8.26. The first kappa shape index (κ1) is 28.4. The summed E-state index contributed by atoms with van der Waals surface area (Å²) in [5.74, 6) is -0.814. The first-order valence-corrected chi connectivity index (χ1v) is 15.2. The number of oxime groups is 1. The molecule has 222 valence electrons. The third-order valence-electron chi connectivity index (χ3n) is 9.85. The van der Waals surface area contributed by atoms with E-state index in [2.05, 4.69) is 25.1 Å². The SMILES string of the molecule is [N-]=[N+]=NC(=O)/C(=N\OCC(=O)O)c1nc2ccccc2n(C2C[C@H]3CCC[C@@H](C2)N3C2CC3CCCCC(C3)C2)c1=O. The van der Waals surface area contributed by atoms with Gasteiger partial charge in [-0.1, -0.05) is 49.4 Å². The van der Waals surface area contributed by atoms with Crippen molar-refractivity contribution in [3.63, 3.8) is 0 Å². The first-order chi connectivity index (χ1) is 20.4. The number of rotatable bonds is 7. The fourth-order valence-corrected chi connectivity index (χ4v) is 8.40. The Labute approximate surface area is 243 Å². The summed E-state index contributed by atoms with van der Waals surface area (Å²) in [6.07, 6.45) is 14.4. The van der Waals surface area contributed by atoms with E-state index in [-0.39, 0.29) is 11.7 Å². The molecule has 2 aromatic rings. The smallest absolute Gasteiger partial charge is 0.344 e. The Hall–Kier alpha value is -3.76. The highest BCUT2D eigenvalue weighted by Gasteiger charge is 2.45. The average Bonchev–Trinajstić information content (AvgIpc) is 3.13. The lowest BCUT2D eigenvalue weighted by molar-refractivity contribution is -0.142. The summed E-state index contributed by atoms with van der Waals surface area (Å²) < 4.78 is 1.73. The number of benzene rings is 1. The summed E-state index contributed by atoms with van der Waals surface area (Å²) in [6.45, 7) is -0.834. The van der Waals surface area contributed by atoms with Gasteiger partial charge in [-0.2, -0.15) is 0 Å². The predicted octanol–water partition coefficient (Wildman–Crippen LogP) is 4.96. The largest absolute Gasteiger partial charge is 0.479 e. The average molecular weight is 576 g/mol. The van der Waals surface area contributed by atoms with Crippen molar-refractivity contribution in [2.75, 3.05) is 6.61 Å². The molecule has 4 fully saturated rings. The van der Waals surface area contributed by atoms with Gasteiger partial charge in [-0.15, -0.1) is 0 Å². The van der Waals surface area contributed by atoms with Crippen molar-refractivity contribution in [2.45, 2.75) is 101 Å². The molecule has 1 N–H and O–H groups in total. The highest BCUT2D eigenvalue weighted by molar-refractivity contribution is 6.45. The molecule has 4 bridgehead atoms. The maximum atomic E-state index is 14.2. The van der Waals surface area contributed by atoms with Crippen molar-refractivity contribution in [3.8, 4) is 0 Å². The quantitative estimate of drug-likeness (QED) is 0.160. The van der Waals surface area contributed by atoms with E-state index in [4.69, 9.17) is 15.5 Å². The van der Waals surface area contributed by atoms with Gasteiger partial charge in [-0.25, -0.2) is 9.78 Å². The highest BCUT2D eigenvalue weighted by Crippen LogP contribution is 2.47. The lowest BCUT2D eigenvalue weighted by atomic mass is 9.73. The molecule has 1 amide bonds. The van der Waals surface area contributed by atoms with Crippen LogP contribution >= 0.6 is 0 Å². The van der Waals surface area contributed by atoms with Crippen molar-refractivity contribution in [3.05, 3.63) is 50.8 Å². The molecule has 2 aliphatic heterocycles. The Balaban J connectivity index is 1.37. The van der Waals surface area contributed by atoms with Crippen LogP contribution in [0.25, 0.3) is 21.5 Å². The summed E-state index contributed by atoms with van der Waals surface area (Å²) in [5, 5.41) is 15.7. The van der Waals surface area contributed by atoms with Crippen LogP contribution in [0.2, 0.25) is 0 Å². The van der Waals surface area contributed by atoms with Gasteiger partial charge in [0, 0.05) is 29.1 Å². The third-order valence-corrected chi connectivity index (χ3v) is 9.85. The van der Waals surface area contributed by atoms with Gasteiger partial charge in [0.2, 0.25) is 6.61 Å². The van der Waals surface area contributed by atoms with Gasteiger partial charge in [0.05, 0.1) is 11.0 Å². The van der Waals surface area contributed by atoms with E-state index in [9.17, 15) is 14.4 Å². The van der Waals surface area contributed by atoms with Crippen LogP contribution in [0, 0.1) is 11.8 Å². The molecule has 2 saturated heterocycles. The monoisotopic (exact) mass is 575 g/mol. The van der Waals surface area contributed by atoms with Crippen LogP contribution in [0.5, 0.6) is 0 Å². The minimum absolute atomic E-state index is 0.114. The molecule has 12 nitrogen and oxygen atoms in total. The molecule has 12 heteroatoms. The molecule has 6 rings (SSSR count). The molecule has 42 heavy (non-hydrogen) atoms. The number of carbonyl (C=O) groups is 2. The predicted molar refractivity (Wildman–Crippen MR) is 155 cm³/mol. The van der Waals surface area contributed by atoms with Gasteiger partial charge >= 0.3 is 5.97 Å². The molecule has 5 atom stereocenters. The number of piperidine rings is 2. The van der Waals surface area contributed by atoms with Crippen LogP contribution in [0.3, 0.4) is 0 Å². The number of aromatic nitrogens is 2. The number of hydrogen-bond donors (Lipinski definition) is 1. The number of carboxylic acid groups (broad SMARTS) is 1. The number of hydrogen-bond acceptors (Lipinski definition) is 7. The first-order valence-electron chi connectivity index (χ1n) is 15.2. The van der Waals surface area contributed by atoms with E-state index in [1.54, 1.807) is 16.7 Å². The molecule has 4 aliphatic rings. The Bertz CT molecular complexity index is 1470. The normalized spacial score (nSPS) is 29.8. The van der Waals surface area contributed by atoms with E-state index >= 15 is 0 Å². The third kappa shape index (κ3) is 5.65. The zero-order chi connectivity index (χ0) is 29.2. The van der Waals surface area contributed by atoms with Gasteiger partial charge in [0.1, 0.15) is 0 Å². The molecule has 2 aliphatic carbocycles. The molecule has 1 aromatic heterocycles. The summed E-state index contributed by atoms with van der Waals surface area (Å²) in [4.78, 5) is 52.4. The number of amides is 1. The van der Waals surface area contributed by atoms with Crippen molar-refractivity contribution >= 4 is 28.6 Å². The number of nitrogens with zero attached hydrogens (tertiary/aromatic N) is 7. The second kappa shape index (κ2) is 12.2. The zero-order valence-corrected chi connectivity index (χ0v) is 23.7. The van der Waals surface area contributed by atoms with E-state index in [0.29, 0.717) is 29.2 Å². The van der Waals surface area contributed by atoms with Crippen LogP contribution in [-0.4, -0.2) is 61.9 Å². The number of azide groups is 1. The second-order valence-corrected chi connectivity index (χ2v) is 12.4. The molecular formula is C30H37N7O5. The van der Waals surface area contributed by atoms with Gasteiger partial charge < -0.3 is 14.5 Å². The number of fused-ring (bicyclic) bond motifs is 5. The fraction of sp³-hybridized carbons (Fsp3) is 0.633. The van der Waals surface area contributed by atoms with Crippen molar-refractivity contribution < 1.29 is 19.5 Å². The van der Waals surface area contributed by atoms with E-state index in [1.807, 2.05) is 12.1 Å². The minimum atomic E-state index is -1.31. The van der Waals surface area contributed by atoms with Crippen molar-refractivity contribution in [1.29, 1.82) is 0 Å². The standard InChI is InChI=1S/C30H37N7O5/c31-35-33-29(40)27(34-42-17-26(38)39)28-30(41)37(25-11-4-3-10-24(25)32-28)23-15-20-8-5-9-21(16-23)36(20)22-13-18-6-1-2-7-19(12-18)14-22/h3-4,10-11,18-23H,1-2,5-9,12-17H2,(H,38,39)/b34-27-/t18?,19?,20-,21+,22?,23?. The van der Waals surface area contributed by atoms with Crippen LogP contribution in [-0.2, 0) is 14.4 Å². The topological polar surface area (TPSA) is 163 Å². The molecule has 2 saturated carbocycles. The Morgan fingerprint density at radius 3 is 2.31 bits per heavy atom. The molecule has 1 aromatic carbocycles. The molecule has 3 unspecified atom stereocenters. The summed E-state index contributed by atoms with van der Waals surface area (Å²) in [7, 11) is 0. The highest BCUT2D eigenvalue weighted by atomic mass is 16.6. The summed E-state index contributed by atoms with van der Waals surface area (Å²) in [5.41, 5.74) is 8.56.